The minimum atomic E-state index is -4.50. The lowest BCUT2D eigenvalue weighted by Crippen LogP contribution is -2.27. The third-order valence-electron chi connectivity index (χ3n) is 13.4. The number of rotatable bonds is 51. The number of carbonyl (C=O) groups is 3. The number of pyridine rings is 1. The molecule has 90 heavy (non-hydrogen) atoms. The summed E-state index contributed by atoms with van der Waals surface area (Å²) in [6, 6.07) is 29.2. The fourth-order valence-corrected chi connectivity index (χ4v) is 9.25. The first kappa shape index (κ1) is 74.6. The molecular weight excluding hydrogens is 1190 g/mol. The van der Waals surface area contributed by atoms with Crippen LogP contribution in [-0.2, 0) is 82.5 Å². The van der Waals surface area contributed by atoms with Gasteiger partial charge in [0, 0.05) is 86.3 Å². The van der Waals surface area contributed by atoms with Gasteiger partial charge in [0.05, 0.1) is 149 Å². The number of hydrogen-bond acceptors (Lipinski definition) is 18. The number of anilines is 2. The topological polar surface area (TPSA) is 217 Å². The Balaban J connectivity index is 0.827. The highest BCUT2D eigenvalue weighted by Crippen LogP contribution is 2.33. The number of hydrogen-bond donors (Lipinski definition) is 4. The van der Waals surface area contributed by atoms with E-state index in [0.29, 0.717) is 199 Å². The van der Waals surface area contributed by atoms with Crippen LogP contribution in [0.2, 0.25) is 0 Å². The van der Waals surface area contributed by atoms with Gasteiger partial charge in [-0.25, -0.2) is 0 Å². The number of halogens is 3. The van der Waals surface area contributed by atoms with Crippen molar-refractivity contribution in [2.24, 2.45) is 0 Å². The smallest absolute Gasteiger partial charge is 0.382 e. The number of alkyl halides is 3. The summed E-state index contributed by atoms with van der Waals surface area (Å²) >= 11 is 1.53. The van der Waals surface area contributed by atoms with Gasteiger partial charge >= 0.3 is 6.18 Å². The third kappa shape index (κ3) is 31.8. The number of aromatic nitrogens is 1. The molecule has 0 radical (unpaired) electrons. The maximum Gasteiger partial charge on any atom is 0.416 e. The predicted molar refractivity (Wildman–Crippen MR) is 340 cm³/mol. The highest BCUT2D eigenvalue weighted by Gasteiger charge is 2.30. The van der Waals surface area contributed by atoms with Gasteiger partial charge in [-0.3, -0.25) is 24.1 Å². The fraction of sp³-hybridized carbons (Fsp3) is 0.515. The lowest BCUT2D eigenvalue weighted by Gasteiger charge is -2.23. The zero-order chi connectivity index (χ0) is 64.1. The Morgan fingerprint density at radius 1 is 0.522 bits per heavy atom. The van der Waals surface area contributed by atoms with Crippen molar-refractivity contribution in [2.45, 2.75) is 57.1 Å². The van der Waals surface area contributed by atoms with E-state index in [4.69, 9.17) is 52.1 Å². The summed E-state index contributed by atoms with van der Waals surface area (Å²) in [4.78, 5) is 47.2. The van der Waals surface area contributed by atoms with Crippen LogP contribution in [-0.4, -0.2) is 195 Å². The van der Waals surface area contributed by atoms with E-state index in [1.54, 1.807) is 19.2 Å². The molecular formula is C66H91F3N6O14S. The van der Waals surface area contributed by atoms with Gasteiger partial charge in [-0.1, -0.05) is 36.4 Å². The molecule has 1 aromatic heterocycles. The molecule has 0 saturated carbocycles. The van der Waals surface area contributed by atoms with Crippen LogP contribution in [0.15, 0.2) is 114 Å². The van der Waals surface area contributed by atoms with Crippen LogP contribution in [0.4, 0.5) is 24.5 Å². The molecule has 0 fully saturated rings. The van der Waals surface area contributed by atoms with Gasteiger partial charge in [-0.05, 0) is 128 Å². The van der Waals surface area contributed by atoms with Crippen LogP contribution < -0.4 is 25.6 Å². The van der Waals surface area contributed by atoms with E-state index in [9.17, 15) is 27.6 Å². The Morgan fingerprint density at radius 3 is 1.66 bits per heavy atom. The first-order chi connectivity index (χ1) is 44.0. The van der Waals surface area contributed by atoms with Crippen molar-refractivity contribution in [3.05, 3.63) is 143 Å². The summed E-state index contributed by atoms with van der Waals surface area (Å²) < 4.78 is 104. The average Bonchev–Trinajstić information content (AvgIpc) is 1.13. The van der Waals surface area contributed by atoms with Gasteiger partial charge < -0.3 is 73.0 Å². The summed E-state index contributed by atoms with van der Waals surface area (Å²) in [6.45, 7) is 16.7. The van der Waals surface area contributed by atoms with Gasteiger partial charge in [0.1, 0.15) is 0 Å². The second kappa shape index (κ2) is 46.0. The number of amides is 3. The quantitative estimate of drug-likeness (QED) is 0.0211. The molecule has 20 nitrogen and oxygen atoms in total. The molecule has 24 heteroatoms. The van der Waals surface area contributed by atoms with Crippen molar-refractivity contribution in [1.29, 1.82) is 0 Å². The third-order valence-corrected chi connectivity index (χ3v) is 14.3. The maximum absolute atomic E-state index is 13.8. The molecule has 0 saturated heterocycles. The molecule has 0 aliphatic rings. The Labute approximate surface area is 532 Å². The Morgan fingerprint density at radius 2 is 1.07 bits per heavy atom. The molecule has 5 rings (SSSR count). The van der Waals surface area contributed by atoms with Gasteiger partial charge in [-0.2, -0.15) is 13.2 Å². The van der Waals surface area contributed by atoms with Gasteiger partial charge in [0.15, 0.2) is 0 Å². The molecule has 0 aliphatic carbocycles. The zero-order valence-electron chi connectivity index (χ0n) is 52.3. The first-order valence-corrected chi connectivity index (χ1v) is 31.5. The van der Waals surface area contributed by atoms with Gasteiger partial charge in [-0.15, -0.1) is 0 Å². The molecule has 0 aliphatic heterocycles. The van der Waals surface area contributed by atoms with E-state index in [-0.39, 0.29) is 23.9 Å². The van der Waals surface area contributed by atoms with Crippen LogP contribution in [0.5, 0.6) is 0 Å². The van der Waals surface area contributed by atoms with Crippen molar-refractivity contribution in [3.63, 3.8) is 0 Å². The van der Waals surface area contributed by atoms with Gasteiger partial charge in [0.2, 0.25) is 5.91 Å². The minimum absolute atomic E-state index is 0.0200. The zero-order valence-corrected chi connectivity index (χ0v) is 53.1. The second-order valence-electron chi connectivity index (χ2n) is 20.1. The van der Waals surface area contributed by atoms with Crippen LogP contribution >= 0.6 is 11.9 Å². The minimum Gasteiger partial charge on any atom is -0.382 e. The molecule has 0 unspecified atom stereocenters. The van der Waals surface area contributed by atoms with Crippen molar-refractivity contribution in [3.8, 4) is 11.3 Å². The summed E-state index contributed by atoms with van der Waals surface area (Å²) in [5.74, 6) is -0.825. The molecule has 3 amide bonds. The number of ether oxygens (including phenoxy) is 11. The number of methoxy groups -OCH3 is 1. The largest absolute Gasteiger partial charge is 0.416 e. The van der Waals surface area contributed by atoms with E-state index in [1.807, 2.05) is 74.5 Å². The molecule has 4 N–H and O–H groups in total. The van der Waals surface area contributed by atoms with E-state index >= 15 is 0 Å². The van der Waals surface area contributed by atoms with Crippen molar-refractivity contribution < 1.29 is 79.7 Å². The van der Waals surface area contributed by atoms with E-state index in [0.717, 1.165) is 53.4 Å². The van der Waals surface area contributed by atoms with E-state index in [2.05, 4.69) is 30.6 Å². The maximum atomic E-state index is 13.8. The predicted octanol–water partition coefficient (Wildman–Crippen LogP) is 8.89. The SMILES string of the molecule is CCN(CC)c1ccc(NC(=O)c2cccc(CCCOCCOCCOCCOCCNSc3ccc(CCC(=O)NCCOCCOCCOCCOCCOCCOCCOC)cc3)c2)c(-c2cc(C(=O)NCc3cccc(C(F)(F)F)c3)ccn2)c1. The van der Waals surface area contributed by atoms with Crippen LogP contribution in [0.1, 0.15) is 69.7 Å². The average molecular weight is 1280 g/mol. The molecule has 1 heterocycles. The number of nitrogens with zero attached hydrogens (tertiary/aromatic N) is 2. The number of carbonyl (C=O) groups excluding carboxylic acids is 3. The normalized spacial score (nSPS) is 11.5. The highest BCUT2D eigenvalue weighted by atomic mass is 32.2. The molecule has 0 spiro atoms. The molecule has 5 aromatic rings. The summed E-state index contributed by atoms with van der Waals surface area (Å²) in [7, 11) is 1.64. The van der Waals surface area contributed by atoms with E-state index < -0.39 is 17.6 Å². The Bertz CT molecular complexity index is 2770. The lowest BCUT2D eigenvalue weighted by molar-refractivity contribution is -0.137. The molecule has 0 bridgehead atoms. The Hall–Kier alpha value is -6.10. The number of nitrogens with one attached hydrogen (secondary N) is 4. The lowest BCUT2D eigenvalue weighted by atomic mass is 10.0. The summed E-state index contributed by atoms with van der Waals surface area (Å²) in [5, 5.41) is 8.66. The van der Waals surface area contributed by atoms with Crippen LogP contribution in [0.25, 0.3) is 11.3 Å². The van der Waals surface area contributed by atoms with Crippen LogP contribution in [0.3, 0.4) is 0 Å². The van der Waals surface area contributed by atoms with Crippen molar-refractivity contribution in [1.82, 2.24) is 20.3 Å². The summed E-state index contributed by atoms with van der Waals surface area (Å²) in [5.41, 5.74) is 4.73. The van der Waals surface area contributed by atoms with Crippen molar-refractivity contribution in [2.75, 3.05) is 182 Å². The molecule has 0 atom stereocenters. The van der Waals surface area contributed by atoms with Gasteiger partial charge in [0.25, 0.3) is 11.8 Å². The number of aryl methyl sites for hydroxylation is 2. The second-order valence-corrected chi connectivity index (χ2v) is 21.0. The standard InChI is InChI=1S/C66H91F3N6O14S/c1-4-75(5-2)58-17-20-61(60(50-58)62-49-56(22-23-70-62)64(77)72-51-54-10-7-13-57(48-54)66(67,68)69)74-65(78)55-12-6-9-53(47-55)11-8-26-80-31-34-84-39-40-86-36-33-82-28-25-73-90-59-18-14-52(15-19-59)16-21-63(76)71-24-27-81-32-35-85-41-42-88-45-46-89-44-43-87-38-37-83-30-29-79-3/h6-7,9-10,12-15,17-20,22-23,47-50,73H,4-5,8,11,16,21,24-46,51H2,1-3H3,(H,71,76)(H,72,77)(H,74,78). The molecule has 496 valence electrons. The Kier molecular flexibility index (Phi) is 38.2. The highest BCUT2D eigenvalue weighted by molar-refractivity contribution is 7.97. The molecule has 4 aromatic carbocycles. The van der Waals surface area contributed by atoms with E-state index in [1.165, 1.54) is 36.3 Å². The van der Waals surface area contributed by atoms with Crippen molar-refractivity contribution >= 4 is 41.0 Å². The van der Waals surface area contributed by atoms with Crippen LogP contribution in [0, 0.1) is 0 Å². The number of benzene rings is 4. The first-order valence-electron chi connectivity index (χ1n) is 30.7. The fourth-order valence-electron chi connectivity index (χ4n) is 8.63. The monoisotopic (exact) mass is 1280 g/mol. The summed E-state index contributed by atoms with van der Waals surface area (Å²) in [6.07, 6.45) is -0.533.